The van der Waals surface area contributed by atoms with Gasteiger partial charge < -0.3 is 9.64 Å². The molecule has 2 aliphatic rings. The quantitative estimate of drug-likeness (QED) is 0.761. The van der Waals surface area contributed by atoms with Crippen molar-refractivity contribution in [2.75, 3.05) is 13.1 Å². The van der Waals surface area contributed by atoms with E-state index in [0.717, 1.165) is 32.4 Å². The first-order valence-corrected chi connectivity index (χ1v) is 7.63. The lowest BCUT2D eigenvalue weighted by atomic mass is 9.85. The van der Waals surface area contributed by atoms with E-state index in [-0.39, 0.29) is 11.7 Å². The third-order valence-corrected chi connectivity index (χ3v) is 4.86. The minimum Gasteiger partial charge on any atom is -0.443 e. The molecule has 1 atom stereocenters. The number of nitrogens with zero attached hydrogens (tertiary/aromatic N) is 1. The Morgan fingerprint density at radius 2 is 1.78 bits per heavy atom. The number of rotatable bonds is 3. The molecule has 1 aliphatic carbocycles. The van der Waals surface area contributed by atoms with Gasteiger partial charge in [0.25, 0.3) is 0 Å². The smallest absolute Gasteiger partial charge is 0.410 e. The molecule has 2 rings (SSSR count). The Morgan fingerprint density at radius 3 is 2.33 bits per heavy atom. The molecule has 0 spiro atoms. The monoisotopic (exact) mass is 253 g/mol. The number of carbonyl (C=O) groups excluding carboxylic acids is 1. The van der Waals surface area contributed by atoms with Crippen molar-refractivity contribution in [2.45, 2.75) is 70.8 Å². The molecule has 0 radical (unpaired) electrons. The lowest BCUT2D eigenvalue weighted by Crippen LogP contribution is -2.44. The van der Waals surface area contributed by atoms with Gasteiger partial charge in [-0.3, -0.25) is 0 Å². The molecule has 0 N–H and O–H groups in total. The second-order valence-electron chi connectivity index (χ2n) is 6.06. The number of hydrogen-bond acceptors (Lipinski definition) is 2. The van der Waals surface area contributed by atoms with E-state index >= 15 is 0 Å². The molecule has 2 fully saturated rings. The van der Waals surface area contributed by atoms with E-state index in [1.165, 1.54) is 32.1 Å². The van der Waals surface area contributed by atoms with E-state index < -0.39 is 0 Å². The highest BCUT2D eigenvalue weighted by Crippen LogP contribution is 2.38. The van der Waals surface area contributed by atoms with Crippen LogP contribution in [0.3, 0.4) is 0 Å². The topological polar surface area (TPSA) is 29.5 Å². The van der Waals surface area contributed by atoms with Gasteiger partial charge >= 0.3 is 6.09 Å². The van der Waals surface area contributed by atoms with Crippen molar-refractivity contribution in [1.29, 1.82) is 0 Å². The molecule has 3 heteroatoms. The van der Waals surface area contributed by atoms with Crippen molar-refractivity contribution in [2.24, 2.45) is 5.92 Å². The van der Waals surface area contributed by atoms with Crippen LogP contribution in [0.5, 0.6) is 0 Å². The Kier molecular flexibility index (Phi) is 4.52. The highest BCUT2D eigenvalue weighted by molar-refractivity contribution is 5.68. The zero-order valence-electron chi connectivity index (χ0n) is 11.9. The third kappa shape index (κ3) is 2.99. The number of ether oxygens (including phenoxy) is 1. The fraction of sp³-hybridized carbons (Fsp3) is 0.933. The molecule has 1 aliphatic heterocycles. The first-order valence-electron chi connectivity index (χ1n) is 7.63. The number of hydrogen-bond donors (Lipinski definition) is 0. The molecule has 3 nitrogen and oxygen atoms in total. The molecule has 1 saturated heterocycles. The van der Waals surface area contributed by atoms with Crippen molar-refractivity contribution in [3.05, 3.63) is 0 Å². The number of likely N-dealkylation sites (tertiary alicyclic amines) is 1. The standard InChI is InChI=1S/C15H27NO2/c1-3-15(2,13-9-5-6-10-13)18-14(17)16-11-7-4-8-12-16/h13H,3-12H2,1-2H3. The minimum absolute atomic E-state index is 0.0778. The van der Waals surface area contributed by atoms with Crippen LogP contribution in [0.2, 0.25) is 0 Å². The number of carbonyl (C=O) groups is 1. The zero-order chi connectivity index (χ0) is 13.0. The van der Waals surface area contributed by atoms with Crippen molar-refractivity contribution in [3.63, 3.8) is 0 Å². The average molecular weight is 253 g/mol. The fourth-order valence-electron chi connectivity index (χ4n) is 3.32. The summed E-state index contributed by atoms with van der Waals surface area (Å²) >= 11 is 0. The SMILES string of the molecule is CCC(C)(OC(=O)N1CCCCC1)C1CCCC1. The maximum Gasteiger partial charge on any atom is 0.410 e. The Labute approximate surface area is 111 Å². The maximum absolute atomic E-state index is 12.2. The summed E-state index contributed by atoms with van der Waals surface area (Å²) in [4.78, 5) is 14.1. The van der Waals surface area contributed by atoms with Crippen molar-refractivity contribution in [1.82, 2.24) is 4.90 Å². The maximum atomic E-state index is 12.2. The van der Waals surface area contributed by atoms with Gasteiger partial charge in [0.15, 0.2) is 0 Å². The normalized spacial score (nSPS) is 24.9. The van der Waals surface area contributed by atoms with Crippen LogP contribution in [0, 0.1) is 5.92 Å². The molecule has 1 heterocycles. The molecule has 1 amide bonds. The van der Waals surface area contributed by atoms with Gasteiger partial charge in [0.1, 0.15) is 5.60 Å². The van der Waals surface area contributed by atoms with E-state index in [1.54, 1.807) is 0 Å². The molecule has 0 bridgehead atoms. The van der Waals surface area contributed by atoms with Crippen molar-refractivity contribution < 1.29 is 9.53 Å². The Balaban J connectivity index is 1.93. The first kappa shape index (κ1) is 13.7. The summed E-state index contributed by atoms with van der Waals surface area (Å²) in [5.41, 5.74) is -0.245. The predicted molar refractivity (Wildman–Crippen MR) is 72.6 cm³/mol. The highest BCUT2D eigenvalue weighted by atomic mass is 16.6. The van der Waals surface area contributed by atoms with Gasteiger partial charge in [-0.05, 0) is 51.4 Å². The summed E-state index contributed by atoms with van der Waals surface area (Å²) in [6, 6.07) is 0. The van der Waals surface area contributed by atoms with E-state index in [2.05, 4.69) is 13.8 Å². The molecular formula is C15H27NO2. The third-order valence-electron chi connectivity index (χ3n) is 4.86. The average Bonchev–Trinajstić information content (AvgIpc) is 2.94. The van der Waals surface area contributed by atoms with Crippen LogP contribution in [0.1, 0.15) is 65.2 Å². The summed E-state index contributed by atoms with van der Waals surface area (Å²) in [5, 5.41) is 0. The van der Waals surface area contributed by atoms with E-state index in [0.29, 0.717) is 5.92 Å². The summed E-state index contributed by atoms with van der Waals surface area (Å²) in [6.45, 7) is 6.03. The second-order valence-corrected chi connectivity index (χ2v) is 6.06. The van der Waals surface area contributed by atoms with Gasteiger partial charge in [0.05, 0.1) is 0 Å². The van der Waals surface area contributed by atoms with Crippen LogP contribution in [0.25, 0.3) is 0 Å². The molecule has 1 unspecified atom stereocenters. The molecule has 0 aromatic rings. The van der Waals surface area contributed by atoms with Crippen molar-refractivity contribution >= 4 is 6.09 Å². The fourth-order valence-corrected chi connectivity index (χ4v) is 3.32. The molecular weight excluding hydrogens is 226 g/mol. The largest absolute Gasteiger partial charge is 0.443 e. The van der Waals surface area contributed by atoms with Crippen LogP contribution in [-0.2, 0) is 4.74 Å². The highest BCUT2D eigenvalue weighted by Gasteiger charge is 2.39. The lowest BCUT2D eigenvalue weighted by molar-refractivity contribution is -0.0398. The molecule has 18 heavy (non-hydrogen) atoms. The van der Waals surface area contributed by atoms with E-state index in [1.807, 2.05) is 4.90 Å². The van der Waals surface area contributed by atoms with Crippen LogP contribution in [0.4, 0.5) is 4.79 Å². The van der Waals surface area contributed by atoms with Gasteiger partial charge in [-0.25, -0.2) is 4.79 Å². The van der Waals surface area contributed by atoms with E-state index in [4.69, 9.17) is 4.74 Å². The Hall–Kier alpha value is -0.730. The van der Waals surface area contributed by atoms with Gasteiger partial charge in [0.2, 0.25) is 0 Å². The summed E-state index contributed by atoms with van der Waals surface area (Å²) in [5.74, 6) is 0.566. The van der Waals surface area contributed by atoms with Crippen LogP contribution >= 0.6 is 0 Å². The van der Waals surface area contributed by atoms with Crippen LogP contribution < -0.4 is 0 Å². The Morgan fingerprint density at radius 1 is 1.17 bits per heavy atom. The van der Waals surface area contributed by atoms with Gasteiger partial charge in [-0.2, -0.15) is 0 Å². The Bertz CT molecular complexity index is 280. The molecule has 0 aromatic carbocycles. The minimum atomic E-state index is -0.245. The van der Waals surface area contributed by atoms with Gasteiger partial charge in [0, 0.05) is 13.1 Å². The molecule has 0 aromatic heterocycles. The summed E-state index contributed by atoms with van der Waals surface area (Å²) < 4.78 is 5.90. The zero-order valence-corrected chi connectivity index (χ0v) is 11.9. The van der Waals surface area contributed by atoms with Crippen molar-refractivity contribution in [3.8, 4) is 0 Å². The van der Waals surface area contributed by atoms with Gasteiger partial charge in [-0.1, -0.05) is 19.8 Å². The first-order chi connectivity index (χ1) is 8.65. The summed E-state index contributed by atoms with van der Waals surface area (Å²) in [7, 11) is 0. The van der Waals surface area contributed by atoms with Gasteiger partial charge in [-0.15, -0.1) is 0 Å². The number of piperidine rings is 1. The number of amides is 1. The predicted octanol–water partition coefficient (Wildman–Crippen LogP) is 3.97. The summed E-state index contributed by atoms with van der Waals surface area (Å²) in [6.07, 6.45) is 9.38. The van der Waals surface area contributed by atoms with Crippen LogP contribution in [-0.4, -0.2) is 29.7 Å². The van der Waals surface area contributed by atoms with Crippen LogP contribution in [0.15, 0.2) is 0 Å². The molecule has 1 saturated carbocycles. The lowest BCUT2D eigenvalue weighted by Gasteiger charge is -2.37. The second kappa shape index (κ2) is 5.94. The van der Waals surface area contributed by atoms with E-state index in [9.17, 15) is 4.79 Å². The molecule has 104 valence electrons.